The van der Waals surface area contributed by atoms with E-state index in [0.29, 0.717) is 35.0 Å². The van der Waals surface area contributed by atoms with Crippen molar-refractivity contribution in [3.05, 3.63) is 94.0 Å². The molecule has 2 heterocycles. The van der Waals surface area contributed by atoms with Gasteiger partial charge >= 0.3 is 11.9 Å². The molecule has 0 N–H and O–H groups in total. The quantitative estimate of drug-likeness (QED) is 0.320. The van der Waals surface area contributed by atoms with E-state index in [1.54, 1.807) is 52.7 Å². The summed E-state index contributed by atoms with van der Waals surface area (Å²) in [5, 5.41) is 4.40. The van der Waals surface area contributed by atoms with Crippen LogP contribution in [0.5, 0.6) is 0 Å². The molecule has 0 fully saturated rings. The maximum absolute atomic E-state index is 13.5. The number of imidazole rings is 1. The second-order valence-corrected chi connectivity index (χ2v) is 7.86. The number of hydrogen-bond acceptors (Lipinski definition) is 2. The molecule has 0 atom stereocenters. The molecular formula is C25H22F3N5O. The number of nitrogens with zero attached hydrogens (tertiary/aromatic N) is 5. The molecule has 2 aromatic heterocycles. The van der Waals surface area contributed by atoms with E-state index in [4.69, 9.17) is 6.57 Å². The Morgan fingerprint density at radius 3 is 2.44 bits per heavy atom. The molecule has 6 nitrogen and oxygen atoms in total. The second kappa shape index (κ2) is 9.06. The average molecular weight is 465 g/mol. The number of aromatic nitrogens is 4. The lowest BCUT2D eigenvalue weighted by atomic mass is 10.2. The highest BCUT2D eigenvalue weighted by molar-refractivity contribution is 5.63. The van der Waals surface area contributed by atoms with Gasteiger partial charge in [-0.15, -0.1) is 0 Å². The molecule has 0 aliphatic heterocycles. The lowest BCUT2D eigenvalue weighted by molar-refractivity contribution is -0.137. The topological polar surface area (TPSA) is 49.1 Å². The third kappa shape index (κ3) is 4.15. The smallest absolute Gasteiger partial charge is 0.290 e. The van der Waals surface area contributed by atoms with Crippen LogP contribution in [-0.2, 0) is 12.7 Å². The summed E-state index contributed by atoms with van der Waals surface area (Å²) in [7, 11) is 0. The summed E-state index contributed by atoms with van der Waals surface area (Å²) >= 11 is 0. The van der Waals surface area contributed by atoms with Crippen LogP contribution in [0.25, 0.3) is 27.6 Å². The van der Waals surface area contributed by atoms with Crippen LogP contribution in [0.15, 0.2) is 65.6 Å². The van der Waals surface area contributed by atoms with Crippen LogP contribution in [0, 0.1) is 13.5 Å². The summed E-state index contributed by atoms with van der Waals surface area (Å²) in [6.45, 7) is 11.3. The molecule has 34 heavy (non-hydrogen) atoms. The van der Waals surface area contributed by atoms with Crippen molar-refractivity contribution in [1.82, 2.24) is 18.9 Å². The zero-order valence-electron chi connectivity index (χ0n) is 18.7. The van der Waals surface area contributed by atoms with Crippen molar-refractivity contribution in [2.24, 2.45) is 0 Å². The largest absolute Gasteiger partial charge is 0.416 e. The van der Waals surface area contributed by atoms with Crippen molar-refractivity contribution in [2.75, 3.05) is 0 Å². The van der Waals surface area contributed by atoms with Gasteiger partial charge in [0.15, 0.2) is 5.69 Å². The van der Waals surface area contributed by atoms with Gasteiger partial charge in [-0.3, -0.25) is 9.13 Å². The highest BCUT2D eigenvalue weighted by atomic mass is 19.4. The van der Waals surface area contributed by atoms with Crippen LogP contribution in [0.2, 0.25) is 0 Å². The Kier molecular flexibility index (Phi) is 6.16. The molecule has 0 radical (unpaired) electrons. The minimum Gasteiger partial charge on any atom is -0.290 e. The Balaban J connectivity index is 1.93. The molecule has 0 bridgehead atoms. The van der Waals surface area contributed by atoms with E-state index in [1.165, 1.54) is 16.7 Å². The van der Waals surface area contributed by atoms with E-state index in [9.17, 15) is 18.0 Å². The first-order valence-corrected chi connectivity index (χ1v) is 10.8. The molecule has 4 aromatic rings. The minimum atomic E-state index is -4.52. The monoisotopic (exact) mass is 465 g/mol. The highest BCUT2D eigenvalue weighted by Crippen LogP contribution is 2.32. The van der Waals surface area contributed by atoms with Crippen LogP contribution >= 0.6 is 0 Å². The van der Waals surface area contributed by atoms with E-state index >= 15 is 0 Å². The standard InChI is InChI=1S/C25H22F3N5O/c1-4-5-15-31-23(22-13-14-30-33(22)20-11-9-19(29-3)10-12-20)17(2)32(24(31)34)21-8-6-7-18(16-21)25(26,27)28/h6-14,16H,4-5,15H2,1-2H3. The maximum atomic E-state index is 13.5. The summed E-state index contributed by atoms with van der Waals surface area (Å²) in [5.74, 6) is 0. The Morgan fingerprint density at radius 2 is 1.79 bits per heavy atom. The normalized spacial score (nSPS) is 11.5. The van der Waals surface area contributed by atoms with Crippen LogP contribution in [0.1, 0.15) is 31.0 Å². The van der Waals surface area contributed by atoms with Gasteiger partial charge in [-0.05, 0) is 49.7 Å². The molecule has 0 spiro atoms. The van der Waals surface area contributed by atoms with E-state index in [1.807, 2.05) is 6.92 Å². The van der Waals surface area contributed by atoms with Crippen molar-refractivity contribution in [2.45, 2.75) is 39.4 Å². The van der Waals surface area contributed by atoms with Gasteiger partial charge in [0.1, 0.15) is 0 Å². The summed E-state index contributed by atoms with van der Waals surface area (Å²) in [5.41, 5.74) is 1.86. The Bertz CT molecular complexity index is 1420. The lowest BCUT2D eigenvalue weighted by Crippen LogP contribution is -2.24. The summed E-state index contributed by atoms with van der Waals surface area (Å²) in [6, 6.07) is 13.4. The number of unbranched alkanes of at least 4 members (excludes halogenated alkanes) is 1. The van der Waals surface area contributed by atoms with Crippen molar-refractivity contribution in [3.8, 4) is 22.8 Å². The highest BCUT2D eigenvalue weighted by Gasteiger charge is 2.31. The predicted octanol–water partition coefficient (Wildman–Crippen LogP) is 6.17. The molecule has 9 heteroatoms. The van der Waals surface area contributed by atoms with Crippen LogP contribution in [0.3, 0.4) is 0 Å². The van der Waals surface area contributed by atoms with Gasteiger partial charge in [-0.1, -0.05) is 31.5 Å². The van der Waals surface area contributed by atoms with Crippen LogP contribution in [0.4, 0.5) is 18.9 Å². The fraction of sp³-hybridized carbons (Fsp3) is 0.240. The molecule has 0 unspecified atom stereocenters. The van der Waals surface area contributed by atoms with Gasteiger partial charge in [0, 0.05) is 6.54 Å². The first kappa shape index (κ1) is 23.1. The Labute approximate surface area is 194 Å². The third-order valence-electron chi connectivity index (χ3n) is 5.65. The molecule has 4 rings (SSSR count). The molecule has 0 aliphatic carbocycles. The summed E-state index contributed by atoms with van der Waals surface area (Å²) < 4.78 is 44.6. The molecular weight excluding hydrogens is 443 g/mol. The zero-order chi connectivity index (χ0) is 24.5. The van der Waals surface area contributed by atoms with Crippen LogP contribution in [-0.4, -0.2) is 18.9 Å². The number of rotatable bonds is 6. The summed E-state index contributed by atoms with van der Waals surface area (Å²) in [4.78, 5) is 16.9. The first-order chi connectivity index (χ1) is 16.3. The van der Waals surface area contributed by atoms with Crippen molar-refractivity contribution >= 4 is 5.69 Å². The third-order valence-corrected chi connectivity index (χ3v) is 5.65. The van der Waals surface area contributed by atoms with Crippen molar-refractivity contribution < 1.29 is 13.2 Å². The van der Waals surface area contributed by atoms with Gasteiger partial charge < -0.3 is 0 Å². The molecule has 0 saturated carbocycles. The van der Waals surface area contributed by atoms with E-state index in [-0.39, 0.29) is 5.69 Å². The van der Waals surface area contributed by atoms with Gasteiger partial charge in [-0.25, -0.2) is 14.3 Å². The number of halogens is 3. The van der Waals surface area contributed by atoms with E-state index in [0.717, 1.165) is 25.0 Å². The lowest BCUT2D eigenvalue weighted by Gasteiger charge is -2.12. The number of hydrogen-bond donors (Lipinski definition) is 0. The minimum absolute atomic E-state index is 0.154. The Morgan fingerprint density at radius 1 is 1.06 bits per heavy atom. The molecule has 2 aromatic carbocycles. The first-order valence-electron chi connectivity index (χ1n) is 10.8. The van der Waals surface area contributed by atoms with E-state index in [2.05, 4.69) is 9.94 Å². The van der Waals surface area contributed by atoms with E-state index < -0.39 is 17.4 Å². The fourth-order valence-corrected chi connectivity index (χ4v) is 3.99. The molecule has 0 aliphatic rings. The van der Waals surface area contributed by atoms with Crippen LogP contribution < -0.4 is 5.69 Å². The molecule has 174 valence electrons. The summed E-state index contributed by atoms with van der Waals surface area (Å²) in [6.07, 6.45) is -1.34. The van der Waals surface area contributed by atoms with Crippen molar-refractivity contribution in [3.63, 3.8) is 0 Å². The maximum Gasteiger partial charge on any atom is 0.416 e. The SMILES string of the molecule is [C-]#[N+]c1ccc(-n2nccc2-c2c(C)n(-c3cccc(C(F)(F)F)c3)c(=O)n2CCCC)cc1. The second-order valence-electron chi connectivity index (χ2n) is 7.86. The zero-order valence-corrected chi connectivity index (χ0v) is 18.7. The average Bonchev–Trinajstić information content (AvgIpc) is 3.39. The molecule has 0 amide bonds. The van der Waals surface area contributed by atoms with Crippen molar-refractivity contribution in [1.29, 1.82) is 0 Å². The van der Waals surface area contributed by atoms with Gasteiger partial charge in [0.25, 0.3) is 0 Å². The fourth-order valence-electron chi connectivity index (χ4n) is 3.99. The number of alkyl halides is 3. The van der Waals surface area contributed by atoms with Gasteiger partial charge in [-0.2, -0.15) is 18.3 Å². The molecule has 0 saturated heterocycles. The predicted molar refractivity (Wildman–Crippen MR) is 123 cm³/mol. The Hall–Kier alpha value is -4.06. The number of benzene rings is 2. The van der Waals surface area contributed by atoms with Gasteiger partial charge in [0.2, 0.25) is 0 Å². The van der Waals surface area contributed by atoms with Gasteiger partial charge in [0.05, 0.1) is 46.8 Å².